The normalized spacial score (nSPS) is 9.56. The Bertz CT molecular complexity index is 176. The summed E-state index contributed by atoms with van der Waals surface area (Å²) in [5.41, 5.74) is 1.78. The molecular weight excluding hydrogens is 115 g/mol. The summed E-state index contributed by atoms with van der Waals surface area (Å²) in [6, 6.07) is 7.25. The van der Waals surface area contributed by atoms with E-state index < -0.39 is 0 Å². The first-order valence-corrected chi connectivity index (χ1v) is 2.83. The molecule has 0 aliphatic heterocycles. The molecule has 0 unspecified atom stereocenters. The highest BCUT2D eigenvalue weighted by Crippen LogP contribution is 2.04. The van der Waals surface area contributed by atoms with Gasteiger partial charge in [0.1, 0.15) is 0 Å². The summed E-state index contributed by atoms with van der Waals surface area (Å²) in [5, 5.41) is 0. The predicted molar refractivity (Wildman–Crippen MR) is 35.7 cm³/mol. The molecule has 0 saturated heterocycles. The average molecular weight is 123 g/mol. The average Bonchev–Trinajstić information content (AvgIpc) is 1.90. The lowest BCUT2D eigenvalue weighted by atomic mass is 10.2. The molecule has 0 N–H and O–H groups in total. The second kappa shape index (κ2) is 2.62. The number of aryl methyl sites for hydroxylation is 1. The van der Waals surface area contributed by atoms with Crippen LogP contribution in [0.3, 0.4) is 0 Å². The van der Waals surface area contributed by atoms with Gasteiger partial charge in [0.15, 0.2) is 6.67 Å². The van der Waals surface area contributed by atoms with Crippen molar-refractivity contribution in [3.63, 3.8) is 0 Å². The predicted octanol–water partition coefficient (Wildman–Crippen LogP) is 2.47. The first kappa shape index (κ1) is 6.27. The fourth-order valence-electron chi connectivity index (χ4n) is 0.639. The zero-order valence-corrected chi connectivity index (χ0v) is 5.26. The summed E-state index contributed by atoms with van der Waals surface area (Å²) >= 11 is 0. The van der Waals surface area contributed by atoms with Gasteiger partial charge in [-0.1, -0.05) is 29.8 Å². The molecular formula is C8H8F. The monoisotopic (exact) mass is 123 g/mol. The molecule has 1 radical (unpaired) electrons. The molecule has 1 aromatic rings. The van der Waals surface area contributed by atoms with Gasteiger partial charge in [0.2, 0.25) is 0 Å². The smallest absolute Gasteiger partial charge is 0.160 e. The third kappa shape index (κ3) is 1.53. The van der Waals surface area contributed by atoms with E-state index in [4.69, 9.17) is 0 Å². The van der Waals surface area contributed by atoms with E-state index in [1.807, 2.05) is 19.1 Å². The topological polar surface area (TPSA) is 0 Å². The third-order valence-electron chi connectivity index (χ3n) is 1.20. The van der Waals surface area contributed by atoms with E-state index in [1.165, 1.54) is 0 Å². The van der Waals surface area contributed by atoms with Crippen LogP contribution in [0.4, 0.5) is 4.39 Å². The highest BCUT2D eigenvalue weighted by Gasteiger charge is 1.88. The second-order valence-electron chi connectivity index (χ2n) is 2.02. The van der Waals surface area contributed by atoms with E-state index in [0.717, 1.165) is 5.56 Å². The molecule has 0 spiro atoms. The lowest BCUT2D eigenvalue weighted by molar-refractivity contribution is 0.646. The maximum Gasteiger partial charge on any atom is 0.160 e. The van der Waals surface area contributed by atoms with Crippen LogP contribution in [-0.2, 0) is 0 Å². The van der Waals surface area contributed by atoms with Gasteiger partial charge in [-0.3, -0.25) is 0 Å². The van der Waals surface area contributed by atoms with E-state index in [0.29, 0.717) is 12.2 Å². The summed E-state index contributed by atoms with van der Waals surface area (Å²) in [6.45, 7) is 2.57. The molecule has 0 aliphatic carbocycles. The van der Waals surface area contributed by atoms with Crippen LogP contribution in [0.5, 0.6) is 0 Å². The molecule has 0 fully saturated rings. The lowest BCUT2D eigenvalue weighted by Gasteiger charge is -1.92. The van der Waals surface area contributed by atoms with E-state index in [2.05, 4.69) is 0 Å². The molecule has 1 aromatic carbocycles. The molecule has 9 heavy (non-hydrogen) atoms. The van der Waals surface area contributed by atoms with Gasteiger partial charge in [0.25, 0.3) is 0 Å². The molecule has 0 saturated carbocycles. The Balaban J connectivity index is 2.88. The Morgan fingerprint density at radius 1 is 1.22 bits per heavy atom. The molecule has 0 amide bonds. The van der Waals surface area contributed by atoms with Crippen LogP contribution in [0.15, 0.2) is 24.3 Å². The van der Waals surface area contributed by atoms with E-state index in [1.54, 1.807) is 12.1 Å². The van der Waals surface area contributed by atoms with Gasteiger partial charge in [0, 0.05) is 0 Å². The summed E-state index contributed by atoms with van der Waals surface area (Å²) in [5.74, 6) is 0. The first-order chi connectivity index (χ1) is 4.33. The van der Waals surface area contributed by atoms with E-state index in [9.17, 15) is 4.39 Å². The van der Waals surface area contributed by atoms with Crippen molar-refractivity contribution in [3.8, 4) is 0 Å². The van der Waals surface area contributed by atoms with Gasteiger partial charge in [-0.15, -0.1) is 0 Å². The van der Waals surface area contributed by atoms with Crippen molar-refractivity contribution >= 4 is 0 Å². The van der Waals surface area contributed by atoms with Gasteiger partial charge in [-0.25, -0.2) is 4.39 Å². The van der Waals surface area contributed by atoms with Crippen molar-refractivity contribution < 1.29 is 4.39 Å². The second-order valence-corrected chi connectivity index (χ2v) is 2.02. The number of halogens is 1. The fourth-order valence-corrected chi connectivity index (χ4v) is 0.639. The Kier molecular flexibility index (Phi) is 1.83. The molecule has 0 nitrogen and oxygen atoms in total. The van der Waals surface area contributed by atoms with Crippen LogP contribution in [0.1, 0.15) is 11.1 Å². The summed E-state index contributed by atoms with van der Waals surface area (Å²) in [4.78, 5) is 0. The molecule has 0 heterocycles. The third-order valence-corrected chi connectivity index (χ3v) is 1.20. The van der Waals surface area contributed by atoms with E-state index >= 15 is 0 Å². The summed E-state index contributed by atoms with van der Waals surface area (Å²) in [7, 11) is 0. The Hall–Kier alpha value is -0.850. The van der Waals surface area contributed by atoms with Crippen LogP contribution in [0.2, 0.25) is 0 Å². The fraction of sp³-hybridized carbons (Fsp3) is 0.125. The Morgan fingerprint density at radius 3 is 2.22 bits per heavy atom. The molecule has 1 rings (SSSR count). The van der Waals surface area contributed by atoms with Gasteiger partial charge in [0.05, 0.1) is 0 Å². The van der Waals surface area contributed by atoms with Crippen LogP contribution in [0.25, 0.3) is 0 Å². The van der Waals surface area contributed by atoms with Gasteiger partial charge >= 0.3 is 0 Å². The van der Waals surface area contributed by atoms with Crippen LogP contribution < -0.4 is 0 Å². The van der Waals surface area contributed by atoms with Crippen molar-refractivity contribution in [2.24, 2.45) is 0 Å². The molecule has 0 atom stereocenters. The molecule has 0 aromatic heterocycles. The van der Waals surface area contributed by atoms with E-state index in [-0.39, 0.29) is 0 Å². The largest absolute Gasteiger partial charge is 0.239 e. The minimum atomic E-state index is 0.597. The van der Waals surface area contributed by atoms with Crippen molar-refractivity contribution in [2.45, 2.75) is 6.92 Å². The Morgan fingerprint density at radius 2 is 1.78 bits per heavy atom. The number of hydrogen-bond donors (Lipinski definition) is 0. The number of rotatable bonds is 1. The maximum atomic E-state index is 11.7. The van der Waals surface area contributed by atoms with Crippen molar-refractivity contribution in [2.75, 3.05) is 0 Å². The van der Waals surface area contributed by atoms with Crippen molar-refractivity contribution in [1.82, 2.24) is 0 Å². The van der Waals surface area contributed by atoms with Gasteiger partial charge < -0.3 is 0 Å². The quantitative estimate of drug-likeness (QED) is 0.538. The molecule has 1 heteroatoms. The van der Waals surface area contributed by atoms with Gasteiger partial charge in [-0.2, -0.15) is 0 Å². The number of benzene rings is 1. The molecule has 47 valence electrons. The lowest BCUT2D eigenvalue weighted by Crippen LogP contribution is -1.74. The zero-order chi connectivity index (χ0) is 6.69. The first-order valence-electron chi connectivity index (χ1n) is 2.83. The minimum Gasteiger partial charge on any atom is -0.239 e. The van der Waals surface area contributed by atoms with Crippen molar-refractivity contribution in [3.05, 3.63) is 42.1 Å². The molecule has 0 bridgehead atoms. The maximum absolute atomic E-state index is 11.7. The van der Waals surface area contributed by atoms with Crippen LogP contribution >= 0.6 is 0 Å². The zero-order valence-electron chi connectivity index (χ0n) is 5.26. The highest BCUT2D eigenvalue weighted by atomic mass is 19.1. The summed E-state index contributed by atoms with van der Waals surface area (Å²) in [6.07, 6.45) is 0. The van der Waals surface area contributed by atoms with Crippen LogP contribution in [-0.4, -0.2) is 0 Å². The standard InChI is InChI=1S/C8H8F/c1-7-2-4-8(6-9)5-3-7/h2-6H,1H3. The van der Waals surface area contributed by atoms with Crippen LogP contribution in [0, 0.1) is 13.6 Å². The SMILES string of the molecule is Cc1ccc([CH]F)cc1. The summed E-state index contributed by atoms with van der Waals surface area (Å²) < 4.78 is 11.7. The minimum absolute atomic E-state index is 0.597. The van der Waals surface area contributed by atoms with Gasteiger partial charge in [-0.05, 0) is 12.5 Å². The van der Waals surface area contributed by atoms with Crippen molar-refractivity contribution in [1.29, 1.82) is 0 Å². The molecule has 0 aliphatic rings. The highest BCUT2D eigenvalue weighted by molar-refractivity contribution is 5.24. The number of hydrogen-bond acceptors (Lipinski definition) is 0. The Labute approximate surface area is 54.3 Å².